The number of anilines is 1. The zero-order chi connectivity index (χ0) is 11.7. The van der Waals surface area contributed by atoms with Crippen LogP contribution in [0.4, 0.5) is 5.69 Å². The highest BCUT2D eigenvalue weighted by molar-refractivity contribution is 5.78. The van der Waals surface area contributed by atoms with E-state index in [0.717, 1.165) is 22.4 Å². The topological polar surface area (TPSA) is 89.4 Å². The second-order valence-electron chi connectivity index (χ2n) is 3.77. The molecule has 0 saturated heterocycles. The number of aromatic nitrogens is 4. The van der Waals surface area contributed by atoms with Crippen molar-refractivity contribution in [3.63, 3.8) is 0 Å². The average Bonchev–Trinajstić information content (AvgIpc) is 2.92. The number of hydrogen-bond donors (Lipinski definition) is 4. The maximum absolute atomic E-state index is 11.1. The van der Waals surface area contributed by atoms with Crippen LogP contribution in [0.5, 0.6) is 0 Å². The van der Waals surface area contributed by atoms with Gasteiger partial charge in [-0.25, -0.2) is 4.79 Å². The van der Waals surface area contributed by atoms with Gasteiger partial charge < -0.3 is 15.3 Å². The first-order chi connectivity index (χ1) is 8.31. The number of hydrogen-bond acceptors (Lipinski definition) is 3. The molecule has 3 rings (SSSR count). The highest BCUT2D eigenvalue weighted by atomic mass is 16.1. The van der Waals surface area contributed by atoms with E-state index in [4.69, 9.17) is 0 Å². The highest BCUT2D eigenvalue weighted by Crippen LogP contribution is 2.14. The molecule has 0 atom stereocenters. The van der Waals surface area contributed by atoms with Crippen molar-refractivity contribution >= 4 is 16.7 Å². The fraction of sp³-hybridized carbons (Fsp3) is 0.0909. The van der Waals surface area contributed by atoms with Crippen molar-refractivity contribution in [1.82, 2.24) is 20.2 Å². The number of imidazole rings is 1. The Morgan fingerprint density at radius 3 is 2.88 bits per heavy atom. The molecule has 0 unspecified atom stereocenters. The summed E-state index contributed by atoms with van der Waals surface area (Å²) in [5.74, 6) is 0. The number of nitrogens with zero attached hydrogens (tertiary/aromatic N) is 1. The normalized spacial score (nSPS) is 10.8. The van der Waals surface area contributed by atoms with Crippen molar-refractivity contribution in [1.29, 1.82) is 0 Å². The van der Waals surface area contributed by atoms with E-state index in [9.17, 15) is 4.79 Å². The summed E-state index contributed by atoms with van der Waals surface area (Å²) in [6, 6.07) is 7.58. The molecule has 86 valence electrons. The summed E-state index contributed by atoms with van der Waals surface area (Å²) in [6.45, 7) is 0.667. The van der Waals surface area contributed by atoms with Crippen LogP contribution in [-0.2, 0) is 6.54 Å². The first-order valence-corrected chi connectivity index (χ1v) is 5.25. The van der Waals surface area contributed by atoms with Gasteiger partial charge >= 0.3 is 5.69 Å². The second kappa shape index (κ2) is 3.82. The fourth-order valence-electron chi connectivity index (χ4n) is 1.72. The van der Waals surface area contributed by atoms with Crippen LogP contribution in [0.3, 0.4) is 0 Å². The molecule has 0 fully saturated rings. The monoisotopic (exact) mass is 229 g/mol. The van der Waals surface area contributed by atoms with E-state index in [1.165, 1.54) is 0 Å². The molecule has 6 heteroatoms. The smallest absolute Gasteiger partial charge is 0.323 e. The van der Waals surface area contributed by atoms with Crippen molar-refractivity contribution in [3.8, 4) is 0 Å². The zero-order valence-corrected chi connectivity index (χ0v) is 8.95. The van der Waals surface area contributed by atoms with Crippen LogP contribution >= 0.6 is 0 Å². The molecule has 4 N–H and O–H groups in total. The SMILES string of the molecule is O=c1[nH]c2ccc(NCc3ccn[nH]3)cc2[nH]1. The van der Waals surface area contributed by atoms with E-state index in [2.05, 4.69) is 25.5 Å². The lowest BCUT2D eigenvalue weighted by Gasteiger charge is -2.04. The minimum absolute atomic E-state index is 0.189. The van der Waals surface area contributed by atoms with Gasteiger partial charge in [0.25, 0.3) is 0 Å². The van der Waals surface area contributed by atoms with Crippen LogP contribution in [0, 0.1) is 0 Å². The molecule has 2 aromatic heterocycles. The standard InChI is InChI=1S/C11H11N5O/c17-11-14-9-2-1-7(5-10(9)15-11)12-6-8-3-4-13-16-8/h1-5,12H,6H2,(H,13,16)(H2,14,15,17). The minimum Gasteiger partial charge on any atom is -0.379 e. The van der Waals surface area contributed by atoms with Crippen molar-refractivity contribution in [3.05, 3.63) is 46.6 Å². The Balaban J connectivity index is 1.83. The third-order valence-corrected chi connectivity index (χ3v) is 2.56. The van der Waals surface area contributed by atoms with Crippen LogP contribution in [0.2, 0.25) is 0 Å². The predicted octanol–water partition coefficient (Wildman–Crippen LogP) is 1.19. The Morgan fingerprint density at radius 1 is 1.18 bits per heavy atom. The largest absolute Gasteiger partial charge is 0.379 e. The van der Waals surface area contributed by atoms with Gasteiger partial charge in [0.2, 0.25) is 0 Å². The van der Waals surface area contributed by atoms with Crippen LogP contribution in [0.25, 0.3) is 11.0 Å². The molecule has 17 heavy (non-hydrogen) atoms. The molecule has 0 amide bonds. The number of rotatable bonds is 3. The van der Waals surface area contributed by atoms with Crippen LogP contribution in [-0.4, -0.2) is 20.2 Å². The summed E-state index contributed by atoms with van der Waals surface area (Å²) < 4.78 is 0. The number of aromatic amines is 3. The molecular formula is C11H11N5O. The van der Waals surface area contributed by atoms with Crippen molar-refractivity contribution in [2.45, 2.75) is 6.54 Å². The number of fused-ring (bicyclic) bond motifs is 1. The van der Waals surface area contributed by atoms with Crippen LogP contribution in [0.15, 0.2) is 35.3 Å². The van der Waals surface area contributed by atoms with Crippen molar-refractivity contribution in [2.75, 3.05) is 5.32 Å². The quantitative estimate of drug-likeness (QED) is 0.544. The Kier molecular flexibility index (Phi) is 2.18. The van der Waals surface area contributed by atoms with Crippen molar-refractivity contribution < 1.29 is 0 Å². The summed E-state index contributed by atoms with van der Waals surface area (Å²) in [6.07, 6.45) is 1.71. The predicted molar refractivity (Wildman–Crippen MR) is 64.8 cm³/mol. The Hall–Kier alpha value is -2.50. The molecule has 0 aliphatic carbocycles. The summed E-state index contributed by atoms with van der Waals surface area (Å²) >= 11 is 0. The molecule has 0 aliphatic heterocycles. The lowest BCUT2D eigenvalue weighted by molar-refractivity contribution is 0.982. The Labute approximate surface area is 96.1 Å². The average molecular weight is 229 g/mol. The molecule has 0 bridgehead atoms. The molecule has 1 aromatic carbocycles. The van der Waals surface area contributed by atoms with Gasteiger partial charge in [-0.3, -0.25) is 5.10 Å². The van der Waals surface area contributed by atoms with E-state index < -0.39 is 0 Å². The van der Waals surface area contributed by atoms with Crippen LogP contribution < -0.4 is 11.0 Å². The minimum atomic E-state index is -0.189. The molecule has 3 aromatic rings. The number of benzene rings is 1. The third kappa shape index (κ3) is 1.92. The molecule has 0 radical (unpaired) electrons. The van der Waals surface area contributed by atoms with Gasteiger partial charge in [0.15, 0.2) is 0 Å². The molecule has 0 spiro atoms. The van der Waals surface area contributed by atoms with Gasteiger partial charge in [-0.2, -0.15) is 5.10 Å². The first kappa shape index (κ1) is 9.71. The van der Waals surface area contributed by atoms with E-state index >= 15 is 0 Å². The lowest BCUT2D eigenvalue weighted by Crippen LogP contribution is -1.99. The Morgan fingerprint density at radius 2 is 2.06 bits per heavy atom. The zero-order valence-electron chi connectivity index (χ0n) is 8.95. The molecule has 0 aliphatic rings. The molecule has 6 nitrogen and oxygen atoms in total. The van der Waals surface area contributed by atoms with Gasteiger partial charge in [-0.05, 0) is 24.3 Å². The summed E-state index contributed by atoms with van der Waals surface area (Å²) in [5, 5.41) is 9.98. The third-order valence-electron chi connectivity index (χ3n) is 2.56. The second-order valence-corrected chi connectivity index (χ2v) is 3.77. The van der Waals surface area contributed by atoms with E-state index in [0.29, 0.717) is 6.54 Å². The summed E-state index contributed by atoms with van der Waals surface area (Å²) in [4.78, 5) is 16.5. The maximum atomic E-state index is 11.1. The van der Waals surface area contributed by atoms with Gasteiger partial charge in [0.05, 0.1) is 23.3 Å². The Bertz CT molecular complexity index is 679. The highest BCUT2D eigenvalue weighted by Gasteiger charge is 2.00. The molecule has 2 heterocycles. The van der Waals surface area contributed by atoms with Gasteiger partial charge in [-0.15, -0.1) is 0 Å². The van der Waals surface area contributed by atoms with E-state index in [-0.39, 0.29) is 5.69 Å². The summed E-state index contributed by atoms with van der Waals surface area (Å²) in [5.41, 5.74) is 3.37. The summed E-state index contributed by atoms with van der Waals surface area (Å²) in [7, 11) is 0. The first-order valence-electron chi connectivity index (χ1n) is 5.25. The maximum Gasteiger partial charge on any atom is 0.323 e. The van der Waals surface area contributed by atoms with Crippen molar-refractivity contribution in [2.24, 2.45) is 0 Å². The molecular weight excluding hydrogens is 218 g/mol. The van der Waals surface area contributed by atoms with Crippen LogP contribution in [0.1, 0.15) is 5.69 Å². The fourth-order valence-corrected chi connectivity index (χ4v) is 1.72. The number of H-pyrrole nitrogens is 3. The lowest BCUT2D eigenvalue weighted by atomic mass is 10.2. The molecule has 0 saturated carbocycles. The van der Waals surface area contributed by atoms with Gasteiger partial charge in [-0.1, -0.05) is 0 Å². The van der Waals surface area contributed by atoms with E-state index in [1.807, 2.05) is 24.3 Å². The van der Waals surface area contributed by atoms with Gasteiger partial charge in [0, 0.05) is 11.9 Å². The number of nitrogens with one attached hydrogen (secondary N) is 4. The van der Waals surface area contributed by atoms with Gasteiger partial charge in [0.1, 0.15) is 0 Å². The van der Waals surface area contributed by atoms with E-state index in [1.54, 1.807) is 6.20 Å².